The molecule has 5 nitrogen and oxygen atoms in total. The van der Waals surface area contributed by atoms with E-state index in [9.17, 15) is 0 Å². The van der Waals surface area contributed by atoms with E-state index in [2.05, 4.69) is 185 Å². The Morgan fingerprint density at radius 2 is 1.09 bits per heavy atom. The molecule has 5 heteroatoms. The lowest BCUT2D eigenvalue weighted by Gasteiger charge is -2.15. The molecule has 0 fully saturated rings. The fourth-order valence-electron chi connectivity index (χ4n) is 9.40. The van der Waals surface area contributed by atoms with Crippen LogP contribution in [0.3, 0.4) is 0 Å². The van der Waals surface area contributed by atoms with Crippen molar-refractivity contribution in [2.24, 2.45) is 0 Å². The molecule has 0 amide bonds. The van der Waals surface area contributed by atoms with Gasteiger partial charge in [-0.2, -0.15) is 0 Å². The molecule has 0 radical (unpaired) electrons. The third-order valence-corrected chi connectivity index (χ3v) is 11.9. The SMILES string of the molecule is c1ccc2cc(-c3nc(-n4c5ccc6c7ccccc7oc6c5c5ccc6c7ccccc7n(-c7cccc8ccccc78)c6c54)nc4ccccc34)ccc2c1. The van der Waals surface area contributed by atoms with Crippen LogP contribution in [0.4, 0.5) is 0 Å². The number of nitrogens with zero attached hydrogens (tertiary/aromatic N) is 4. The molecule has 9 aromatic carbocycles. The summed E-state index contributed by atoms with van der Waals surface area (Å²) in [6.07, 6.45) is 0. The molecule has 0 aliphatic rings. The van der Waals surface area contributed by atoms with Gasteiger partial charge in [0, 0.05) is 43.3 Å². The molecule has 0 bridgehead atoms. The Morgan fingerprint density at radius 3 is 2.00 bits per heavy atom. The van der Waals surface area contributed by atoms with Crippen molar-refractivity contribution < 1.29 is 4.42 Å². The predicted molar refractivity (Wildman–Crippen MR) is 236 cm³/mol. The van der Waals surface area contributed by atoms with Gasteiger partial charge in [0.2, 0.25) is 5.95 Å². The molecule has 0 atom stereocenters. The Hall–Kier alpha value is -7.76. The zero-order valence-corrected chi connectivity index (χ0v) is 30.5. The third-order valence-electron chi connectivity index (χ3n) is 11.9. The van der Waals surface area contributed by atoms with Crippen molar-refractivity contribution in [2.45, 2.75) is 0 Å². The van der Waals surface area contributed by atoms with Gasteiger partial charge in [-0.25, -0.2) is 9.97 Å². The molecule has 4 heterocycles. The topological polar surface area (TPSA) is 48.8 Å². The number of hydrogen-bond acceptors (Lipinski definition) is 3. The van der Waals surface area contributed by atoms with Crippen LogP contribution in [0.5, 0.6) is 0 Å². The molecular formula is C52H30N4O. The van der Waals surface area contributed by atoms with E-state index in [1.807, 2.05) is 6.07 Å². The van der Waals surface area contributed by atoms with E-state index in [1.165, 1.54) is 26.9 Å². The van der Waals surface area contributed by atoms with Crippen LogP contribution in [-0.4, -0.2) is 19.1 Å². The monoisotopic (exact) mass is 726 g/mol. The predicted octanol–water partition coefficient (Wildman–Crippen LogP) is 13.7. The molecule has 0 aliphatic heterocycles. The van der Waals surface area contributed by atoms with Crippen LogP contribution in [0.15, 0.2) is 186 Å². The van der Waals surface area contributed by atoms with Crippen molar-refractivity contribution in [3.63, 3.8) is 0 Å². The van der Waals surface area contributed by atoms with Crippen molar-refractivity contribution >= 4 is 98.0 Å². The van der Waals surface area contributed by atoms with E-state index < -0.39 is 0 Å². The summed E-state index contributed by atoms with van der Waals surface area (Å²) in [4.78, 5) is 11.0. The number of hydrogen-bond donors (Lipinski definition) is 0. The first kappa shape index (κ1) is 30.6. The number of rotatable bonds is 3. The second-order valence-corrected chi connectivity index (χ2v) is 14.9. The molecule has 0 aliphatic carbocycles. The maximum atomic E-state index is 6.81. The highest BCUT2D eigenvalue weighted by molar-refractivity contribution is 6.29. The van der Waals surface area contributed by atoms with Crippen LogP contribution in [0.1, 0.15) is 0 Å². The summed E-state index contributed by atoms with van der Waals surface area (Å²) >= 11 is 0. The van der Waals surface area contributed by atoms with E-state index in [4.69, 9.17) is 14.4 Å². The first-order valence-corrected chi connectivity index (χ1v) is 19.3. The Labute approximate surface area is 325 Å². The lowest BCUT2D eigenvalue weighted by atomic mass is 10.0. The van der Waals surface area contributed by atoms with E-state index >= 15 is 0 Å². The average Bonchev–Trinajstić information content (AvgIpc) is 3.93. The molecule has 0 saturated carbocycles. The summed E-state index contributed by atoms with van der Waals surface area (Å²) in [7, 11) is 0. The van der Waals surface area contributed by atoms with Crippen LogP contribution >= 0.6 is 0 Å². The van der Waals surface area contributed by atoms with E-state index in [-0.39, 0.29) is 0 Å². The molecule has 0 N–H and O–H groups in total. The number of aromatic nitrogens is 4. The van der Waals surface area contributed by atoms with E-state index in [1.54, 1.807) is 0 Å². The lowest BCUT2D eigenvalue weighted by Crippen LogP contribution is -2.05. The van der Waals surface area contributed by atoms with Crippen molar-refractivity contribution in [1.82, 2.24) is 19.1 Å². The second kappa shape index (κ2) is 11.4. The van der Waals surface area contributed by atoms with Gasteiger partial charge in [-0.15, -0.1) is 0 Å². The highest BCUT2D eigenvalue weighted by Gasteiger charge is 2.26. The summed E-state index contributed by atoms with van der Waals surface area (Å²) in [5, 5.41) is 12.4. The minimum atomic E-state index is 0.606. The highest BCUT2D eigenvalue weighted by atomic mass is 16.3. The van der Waals surface area contributed by atoms with E-state index in [0.29, 0.717) is 5.95 Å². The first-order valence-electron chi connectivity index (χ1n) is 19.3. The van der Waals surface area contributed by atoms with Gasteiger partial charge in [-0.3, -0.25) is 4.57 Å². The Kier molecular flexibility index (Phi) is 6.10. The second-order valence-electron chi connectivity index (χ2n) is 14.9. The standard InChI is InChI=1S/C52H30N4O/c1-2-14-33-30-34(25-24-31(33)12-1)48-40-19-5-8-20-42(40)53-52(54-48)56-45-29-28-39-37-18-7-10-23-46(37)57-51(39)47(45)41-27-26-38-36-17-6-9-21-44(36)55(49(38)50(41)56)43-22-11-15-32-13-3-4-16-35(32)43/h1-30H. The maximum absolute atomic E-state index is 6.81. The van der Waals surface area contributed by atoms with Crippen molar-refractivity contribution in [2.75, 3.05) is 0 Å². The molecule has 4 aromatic heterocycles. The fraction of sp³-hybridized carbons (Fsp3) is 0. The summed E-state index contributed by atoms with van der Waals surface area (Å²) in [5.41, 5.74) is 9.91. The zero-order valence-electron chi connectivity index (χ0n) is 30.5. The molecule has 57 heavy (non-hydrogen) atoms. The van der Waals surface area contributed by atoms with Crippen LogP contribution in [0, 0.1) is 0 Å². The summed E-state index contributed by atoms with van der Waals surface area (Å²) < 4.78 is 11.5. The average molecular weight is 727 g/mol. The van der Waals surface area contributed by atoms with Crippen LogP contribution in [-0.2, 0) is 0 Å². The van der Waals surface area contributed by atoms with Gasteiger partial charge in [0.05, 0.1) is 44.4 Å². The van der Waals surface area contributed by atoms with Gasteiger partial charge in [0.15, 0.2) is 0 Å². The van der Waals surface area contributed by atoms with Crippen LogP contribution in [0.25, 0.3) is 121 Å². The first-order chi connectivity index (χ1) is 28.3. The van der Waals surface area contributed by atoms with Gasteiger partial charge in [0.1, 0.15) is 11.2 Å². The minimum absolute atomic E-state index is 0.606. The molecular weight excluding hydrogens is 697 g/mol. The van der Waals surface area contributed by atoms with Crippen LogP contribution in [0.2, 0.25) is 0 Å². The van der Waals surface area contributed by atoms with Gasteiger partial charge in [-0.05, 0) is 58.6 Å². The normalized spacial score (nSPS) is 12.2. The number of fused-ring (bicyclic) bond motifs is 14. The quantitative estimate of drug-likeness (QED) is 0.182. The molecule has 0 spiro atoms. The summed E-state index contributed by atoms with van der Waals surface area (Å²) in [6.45, 7) is 0. The van der Waals surface area contributed by atoms with Crippen molar-refractivity contribution in [3.05, 3.63) is 182 Å². The summed E-state index contributed by atoms with van der Waals surface area (Å²) in [6, 6.07) is 64.7. The number of furan rings is 1. The Balaban J connectivity index is 1.25. The molecule has 0 saturated heterocycles. The Bertz CT molecular complexity index is 3820. The number of para-hydroxylation sites is 3. The smallest absolute Gasteiger partial charge is 0.235 e. The molecule has 0 unspecified atom stereocenters. The molecule has 264 valence electrons. The van der Waals surface area contributed by atoms with E-state index in [0.717, 1.165) is 88.0 Å². The fourth-order valence-corrected chi connectivity index (χ4v) is 9.40. The summed E-state index contributed by atoms with van der Waals surface area (Å²) in [5.74, 6) is 0.606. The highest BCUT2D eigenvalue weighted by Crippen LogP contribution is 2.46. The van der Waals surface area contributed by atoms with Crippen molar-refractivity contribution in [1.29, 1.82) is 0 Å². The Morgan fingerprint density at radius 1 is 0.404 bits per heavy atom. The van der Waals surface area contributed by atoms with Gasteiger partial charge in [-0.1, -0.05) is 140 Å². The molecule has 13 rings (SSSR count). The molecule has 13 aromatic rings. The maximum Gasteiger partial charge on any atom is 0.235 e. The largest absolute Gasteiger partial charge is 0.455 e. The zero-order chi connectivity index (χ0) is 37.2. The van der Waals surface area contributed by atoms with Gasteiger partial charge < -0.3 is 8.98 Å². The van der Waals surface area contributed by atoms with Crippen LogP contribution < -0.4 is 0 Å². The van der Waals surface area contributed by atoms with Crippen molar-refractivity contribution in [3.8, 4) is 22.9 Å². The van der Waals surface area contributed by atoms with Gasteiger partial charge in [0.25, 0.3) is 0 Å². The lowest BCUT2D eigenvalue weighted by molar-refractivity contribution is 0.673. The minimum Gasteiger partial charge on any atom is -0.455 e. The number of benzene rings is 9. The third kappa shape index (κ3) is 4.23. The van der Waals surface area contributed by atoms with Gasteiger partial charge >= 0.3 is 0 Å².